The zero-order valence-electron chi connectivity index (χ0n) is 15.5. The van der Waals surface area contributed by atoms with Gasteiger partial charge in [-0.25, -0.2) is 9.97 Å². The van der Waals surface area contributed by atoms with Crippen LogP contribution in [0.15, 0.2) is 70.6 Å². The van der Waals surface area contributed by atoms with E-state index in [0.29, 0.717) is 22.0 Å². The predicted octanol–water partition coefficient (Wildman–Crippen LogP) is 7.03. The van der Waals surface area contributed by atoms with Gasteiger partial charge in [0, 0.05) is 38.7 Å². The molecule has 2 aromatic carbocycles. The van der Waals surface area contributed by atoms with E-state index in [-0.39, 0.29) is 0 Å². The Morgan fingerprint density at radius 2 is 1.77 bits per heavy atom. The van der Waals surface area contributed by atoms with Crippen molar-refractivity contribution in [3.8, 4) is 38.1 Å². The summed E-state index contributed by atoms with van der Waals surface area (Å²) in [6.07, 6.45) is -2.71. The van der Waals surface area contributed by atoms with E-state index in [2.05, 4.69) is 4.98 Å². The molecule has 0 unspecified atom stereocenters. The standard InChI is InChI=1S/C22H13F3N2OS2/c1-28-18-9-6-12(11-26-18)21-27-19-14-8-7-13(22(23,24)25)10-17(14)29-16-5-3-2-4-15(16)20(19)30-21/h2-11H,1H3. The van der Waals surface area contributed by atoms with Crippen molar-refractivity contribution >= 4 is 23.1 Å². The molecule has 0 fully saturated rings. The SMILES string of the molecule is COc1ccc(-c2nc3c(s2)-c2ccccc2Sc2cc(C(F)(F)F)ccc2-3)cn1. The number of fused-ring (bicyclic) bond motifs is 5. The minimum atomic E-state index is -4.40. The molecule has 5 rings (SSSR count). The molecule has 0 spiro atoms. The van der Waals surface area contributed by atoms with Gasteiger partial charge in [-0.15, -0.1) is 11.3 Å². The highest BCUT2D eigenvalue weighted by atomic mass is 32.2. The summed E-state index contributed by atoms with van der Waals surface area (Å²) >= 11 is 2.84. The van der Waals surface area contributed by atoms with Gasteiger partial charge < -0.3 is 4.74 Å². The monoisotopic (exact) mass is 442 g/mol. The Labute approximate surface area is 178 Å². The Morgan fingerprint density at radius 3 is 2.50 bits per heavy atom. The van der Waals surface area contributed by atoms with E-state index in [9.17, 15) is 13.2 Å². The lowest BCUT2D eigenvalue weighted by molar-refractivity contribution is -0.137. The fourth-order valence-electron chi connectivity index (χ4n) is 3.28. The Bertz CT molecular complexity index is 1250. The molecule has 0 amide bonds. The molecule has 8 heteroatoms. The van der Waals surface area contributed by atoms with Crippen LogP contribution in [0.1, 0.15) is 5.56 Å². The van der Waals surface area contributed by atoms with Gasteiger partial charge in [-0.3, -0.25) is 0 Å². The molecule has 0 aliphatic carbocycles. The second-order valence-corrected chi connectivity index (χ2v) is 8.68. The molecule has 4 aromatic rings. The average Bonchev–Trinajstić information content (AvgIpc) is 3.13. The van der Waals surface area contributed by atoms with Crippen molar-refractivity contribution in [2.45, 2.75) is 16.0 Å². The molecule has 1 aliphatic heterocycles. The maximum absolute atomic E-state index is 13.3. The number of ether oxygens (including phenoxy) is 1. The summed E-state index contributed by atoms with van der Waals surface area (Å²) in [5, 5.41) is 0.753. The van der Waals surface area contributed by atoms with Crippen LogP contribution in [0.2, 0.25) is 0 Å². The highest BCUT2D eigenvalue weighted by Gasteiger charge is 2.33. The van der Waals surface area contributed by atoms with Gasteiger partial charge in [-0.1, -0.05) is 36.0 Å². The van der Waals surface area contributed by atoms with Gasteiger partial charge in [0.2, 0.25) is 5.88 Å². The normalized spacial score (nSPS) is 12.5. The summed E-state index contributed by atoms with van der Waals surface area (Å²) in [6.45, 7) is 0. The Hall–Kier alpha value is -2.84. The van der Waals surface area contributed by atoms with Crippen molar-refractivity contribution in [1.29, 1.82) is 0 Å². The van der Waals surface area contributed by atoms with E-state index in [4.69, 9.17) is 9.72 Å². The van der Waals surface area contributed by atoms with E-state index < -0.39 is 11.7 Å². The summed E-state index contributed by atoms with van der Waals surface area (Å²) in [5.41, 5.74) is 2.51. The topological polar surface area (TPSA) is 35.0 Å². The lowest BCUT2D eigenvalue weighted by Crippen LogP contribution is -2.04. The van der Waals surface area contributed by atoms with Crippen LogP contribution in [0.5, 0.6) is 5.88 Å². The van der Waals surface area contributed by atoms with Crippen LogP contribution in [-0.2, 0) is 6.18 Å². The molecule has 0 radical (unpaired) electrons. The number of methoxy groups -OCH3 is 1. The molecule has 0 saturated carbocycles. The van der Waals surface area contributed by atoms with Gasteiger partial charge in [-0.2, -0.15) is 13.2 Å². The Kier molecular flexibility index (Phi) is 4.56. The van der Waals surface area contributed by atoms with Gasteiger partial charge in [0.25, 0.3) is 0 Å². The number of hydrogen-bond acceptors (Lipinski definition) is 5. The van der Waals surface area contributed by atoms with Gasteiger partial charge in [-0.05, 0) is 24.3 Å². The summed E-state index contributed by atoms with van der Waals surface area (Å²) in [4.78, 5) is 11.4. The number of pyridine rings is 1. The van der Waals surface area contributed by atoms with E-state index >= 15 is 0 Å². The van der Waals surface area contributed by atoms with E-state index in [1.165, 1.54) is 35.2 Å². The van der Waals surface area contributed by atoms with Gasteiger partial charge in [0.05, 0.1) is 23.2 Å². The molecule has 3 heterocycles. The maximum atomic E-state index is 13.3. The van der Waals surface area contributed by atoms with Crippen LogP contribution >= 0.6 is 23.1 Å². The fourth-order valence-corrected chi connectivity index (χ4v) is 5.57. The first kappa shape index (κ1) is 19.1. The van der Waals surface area contributed by atoms with Crippen LogP contribution in [0.3, 0.4) is 0 Å². The van der Waals surface area contributed by atoms with E-state index in [0.717, 1.165) is 32.0 Å². The summed E-state index contributed by atoms with van der Waals surface area (Å²) in [5.74, 6) is 0.503. The third kappa shape index (κ3) is 3.26. The van der Waals surface area contributed by atoms with Crippen LogP contribution in [0.4, 0.5) is 13.2 Å². The molecule has 3 nitrogen and oxygen atoms in total. The average molecular weight is 442 g/mol. The number of rotatable bonds is 2. The highest BCUT2D eigenvalue weighted by Crippen LogP contribution is 2.51. The van der Waals surface area contributed by atoms with Crippen LogP contribution in [0, 0.1) is 0 Å². The first-order valence-corrected chi connectivity index (χ1v) is 10.6. The van der Waals surface area contributed by atoms with Crippen molar-refractivity contribution in [2.75, 3.05) is 7.11 Å². The second kappa shape index (κ2) is 7.14. The molecule has 150 valence electrons. The third-order valence-electron chi connectivity index (χ3n) is 4.74. The lowest BCUT2D eigenvalue weighted by Gasteiger charge is -2.11. The molecule has 0 bridgehead atoms. The van der Waals surface area contributed by atoms with Crippen LogP contribution in [-0.4, -0.2) is 17.1 Å². The molecule has 1 aliphatic rings. The number of nitrogens with zero attached hydrogens (tertiary/aromatic N) is 2. The molecule has 30 heavy (non-hydrogen) atoms. The summed E-state index contributed by atoms with van der Waals surface area (Å²) in [6, 6.07) is 15.2. The van der Waals surface area contributed by atoms with Crippen molar-refractivity contribution in [3.63, 3.8) is 0 Å². The second-order valence-electron chi connectivity index (χ2n) is 6.59. The van der Waals surface area contributed by atoms with Gasteiger partial charge in [0.1, 0.15) is 5.01 Å². The van der Waals surface area contributed by atoms with Crippen molar-refractivity contribution in [2.24, 2.45) is 0 Å². The van der Waals surface area contributed by atoms with Crippen LogP contribution in [0.25, 0.3) is 32.3 Å². The number of benzene rings is 2. The molecule has 0 atom stereocenters. The zero-order chi connectivity index (χ0) is 20.9. The number of aromatic nitrogens is 2. The van der Waals surface area contributed by atoms with Gasteiger partial charge in [0.15, 0.2) is 0 Å². The first-order chi connectivity index (χ1) is 14.4. The quantitative estimate of drug-likeness (QED) is 0.294. The molecular weight excluding hydrogens is 429 g/mol. The van der Waals surface area contributed by atoms with E-state index in [1.54, 1.807) is 19.4 Å². The highest BCUT2D eigenvalue weighted by molar-refractivity contribution is 7.99. The first-order valence-electron chi connectivity index (χ1n) is 8.94. The van der Waals surface area contributed by atoms with Crippen molar-refractivity contribution in [3.05, 3.63) is 66.4 Å². The van der Waals surface area contributed by atoms with Crippen molar-refractivity contribution < 1.29 is 17.9 Å². The maximum Gasteiger partial charge on any atom is 0.416 e. The lowest BCUT2D eigenvalue weighted by atomic mass is 10.0. The number of halogens is 3. The van der Waals surface area contributed by atoms with Gasteiger partial charge >= 0.3 is 6.18 Å². The minimum absolute atomic E-state index is 0.503. The van der Waals surface area contributed by atoms with E-state index in [1.807, 2.05) is 30.3 Å². The minimum Gasteiger partial charge on any atom is -0.481 e. The number of hydrogen-bond donors (Lipinski definition) is 0. The smallest absolute Gasteiger partial charge is 0.416 e. The predicted molar refractivity (Wildman–Crippen MR) is 112 cm³/mol. The number of alkyl halides is 3. The third-order valence-corrected chi connectivity index (χ3v) is 7.01. The Balaban J connectivity index is 1.72. The molecule has 2 aromatic heterocycles. The van der Waals surface area contributed by atoms with Crippen molar-refractivity contribution in [1.82, 2.24) is 9.97 Å². The zero-order valence-corrected chi connectivity index (χ0v) is 17.2. The largest absolute Gasteiger partial charge is 0.481 e. The molecular formula is C22H13F3N2OS2. The Morgan fingerprint density at radius 1 is 0.933 bits per heavy atom. The molecule has 0 saturated heterocycles. The summed E-state index contributed by atoms with van der Waals surface area (Å²) in [7, 11) is 1.55. The summed E-state index contributed by atoms with van der Waals surface area (Å²) < 4.78 is 45.0. The fraction of sp³-hybridized carbons (Fsp3) is 0.0909. The molecule has 0 N–H and O–H groups in total. The van der Waals surface area contributed by atoms with Crippen LogP contribution < -0.4 is 4.74 Å². The number of thiazole rings is 1.